The second kappa shape index (κ2) is 13.2. The molecule has 2 amide bonds. The average molecular weight is 668 g/mol. The third-order valence-electron chi connectivity index (χ3n) is 10.7. The highest BCUT2D eigenvalue weighted by atomic mass is 35.5. The lowest BCUT2D eigenvalue weighted by atomic mass is 9.68. The number of allylic oxidation sites excluding steroid dienone is 1. The Morgan fingerprint density at radius 2 is 2.09 bits per heavy atom. The Hall–Kier alpha value is -3.01. The van der Waals surface area contributed by atoms with Crippen LogP contribution >= 0.6 is 11.6 Å². The number of ether oxygens (including phenoxy) is 2. The van der Waals surface area contributed by atoms with Crippen LogP contribution in [0, 0.1) is 11.8 Å². The van der Waals surface area contributed by atoms with Crippen LogP contribution in [0.15, 0.2) is 48.6 Å². The molecule has 1 spiro atoms. The summed E-state index contributed by atoms with van der Waals surface area (Å²) in [6.45, 7) is 5.64. The van der Waals surface area contributed by atoms with Crippen LogP contribution in [0.4, 0.5) is 5.69 Å². The molecule has 2 bridgehead atoms. The largest absolute Gasteiger partial charge is 0.490 e. The van der Waals surface area contributed by atoms with Gasteiger partial charge < -0.3 is 20.1 Å². The molecule has 1 unspecified atom stereocenters. The van der Waals surface area contributed by atoms with Gasteiger partial charge in [-0.2, -0.15) is 0 Å². The fourth-order valence-corrected chi connectivity index (χ4v) is 9.71. The van der Waals surface area contributed by atoms with Gasteiger partial charge in [0.1, 0.15) is 11.9 Å². The number of rotatable bonds is 4. The van der Waals surface area contributed by atoms with Crippen LogP contribution < -0.4 is 20.1 Å². The van der Waals surface area contributed by atoms with Crippen LogP contribution in [0.3, 0.4) is 0 Å². The third kappa shape index (κ3) is 6.56. The summed E-state index contributed by atoms with van der Waals surface area (Å²) >= 11 is 6.43. The molecular weight excluding hydrogens is 622 g/mol. The number of amides is 2. The van der Waals surface area contributed by atoms with Crippen molar-refractivity contribution >= 4 is 44.7 Å². The number of primary amides is 1. The van der Waals surface area contributed by atoms with E-state index in [2.05, 4.69) is 39.8 Å². The van der Waals surface area contributed by atoms with E-state index in [-0.39, 0.29) is 22.7 Å². The number of carbonyl (C=O) groups excluding carboxylic acids is 2. The van der Waals surface area contributed by atoms with Crippen molar-refractivity contribution < 1.29 is 23.3 Å². The first-order valence-electron chi connectivity index (χ1n) is 16.6. The zero-order valence-corrected chi connectivity index (χ0v) is 28.4. The fourth-order valence-electron chi connectivity index (χ4n) is 7.86. The van der Waals surface area contributed by atoms with Crippen molar-refractivity contribution in [2.45, 2.75) is 88.1 Å². The molecule has 2 aliphatic carbocycles. The van der Waals surface area contributed by atoms with Crippen LogP contribution in [0.5, 0.6) is 5.75 Å². The molecule has 2 aromatic carbocycles. The first-order valence-corrected chi connectivity index (χ1v) is 18.8. The van der Waals surface area contributed by atoms with E-state index in [1.165, 1.54) is 11.1 Å². The van der Waals surface area contributed by atoms with E-state index in [4.69, 9.17) is 26.8 Å². The van der Waals surface area contributed by atoms with Gasteiger partial charge in [0.2, 0.25) is 5.91 Å². The Bertz CT molecular complexity index is 1630. The zero-order chi connectivity index (χ0) is 32.6. The SMILES string of the molecule is C=S1(=O)NC(=O)c2ccc3c(c2)N(C[C@@H]2CC[C@H]2[C@@H](O[C@@H](C)C(N)=O)/C=C/CC[C@H]1CC)C[C@@]1(CCCc2cc(Cl)ccc21)CO3. The van der Waals surface area contributed by atoms with Crippen molar-refractivity contribution in [1.29, 1.82) is 0 Å². The molecule has 8 nitrogen and oxygen atoms in total. The second-order valence-electron chi connectivity index (χ2n) is 13.6. The quantitative estimate of drug-likeness (QED) is 0.325. The van der Waals surface area contributed by atoms with E-state index in [9.17, 15) is 13.8 Å². The summed E-state index contributed by atoms with van der Waals surface area (Å²) in [7, 11) is -2.93. The average Bonchev–Trinajstić information content (AvgIpc) is 3.15. The van der Waals surface area contributed by atoms with Gasteiger partial charge in [-0.05, 0) is 117 Å². The van der Waals surface area contributed by atoms with Crippen molar-refractivity contribution in [1.82, 2.24) is 4.72 Å². The summed E-state index contributed by atoms with van der Waals surface area (Å²) in [4.78, 5) is 28.0. The highest BCUT2D eigenvalue weighted by Gasteiger charge is 2.45. The molecule has 7 atom stereocenters. The Labute approximate surface area is 278 Å². The van der Waals surface area contributed by atoms with Gasteiger partial charge in [0.15, 0.2) is 0 Å². The van der Waals surface area contributed by atoms with Gasteiger partial charge in [0, 0.05) is 34.3 Å². The number of hydrogen-bond acceptors (Lipinski definition) is 6. The maximum atomic E-state index is 13.8. The number of nitrogens with two attached hydrogens (primary N) is 1. The molecule has 1 saturated carbocycles. The molecule has 0 saturated heterocycles. The summed E-state index contributed by atoms with van der Waals surface area (Å²) in [6, 6.07) is 11.7. The van der Waals surface area contributed by atoms with Gasteiger partial charge in [-0.1, -0.05) is 36.7 Å². The lowest BCUT2D eigenvalue weighted by molar-refractivity contribution is -0.134. The van der Waals surface area contributed by atoms with Crippen molar-refractivity contribution in [2.24, 2.45) is 17.6 Å². The van der Waals surface area contributed by atoms with Gasteiger partial charge in [-0.3, -0.25) is 14.3 Å². The fraction of sp³-hybridized carbons (Fsp3) is 0.528. The van der Waals surface area contributed by atoms with Crippen molar-refractivity contribution in [3.63, 3.8) is 0 Å². The van der Waals surface area contributed by atoms with Crippen LogP contribution in [0.25, 0.3) is 0 Å². The Kier molecular flexibility index (Phi) is 9.47. The third-order valence-corrected chi connectivity index (χ3v) is 13.1. The highest BCUT2D eigenvalue weighted by molar-refractivity contribution is 7.99. The van der Waals surface area contributed by atoms with E-state index < -0.39 is 27.6 Å². The number of hydrogen-bond donors (Lipinski definition) is 2. The Morgan fingerprint density at radius 3 is 2.83 bits per heavy atom. The highest BCUT2D eigenvalue weighted by Crippen LogP contribution is 2.47. The molecule has 3 N–H and O–H groups in total. The van der Waals surface area contributed by atoms with Gasteiger partial charge in [0.05, 0.1) is 28.1 Å². The minimum absolute atomic E-state index is 0.192. The number of fused-ring (bicyclic) bond motifs is 4. The lowest BCUT2D eigenvalue weighted by Gasteiger charge is -2.46. The molecule has 0 aromatic heterocycles. The van der Waals surface area contributed by atoms with E-state index in [1.807, 2.05) is 25.1 Å². The second-order valence-corrected chi connectivity index (χ2v) is 16.4. The Morgan fingerprint density at radius 1 is 1.26 bits per heavy atom. The summed E-state index contributed by atoms with van der Waals surface area (Å²) in [6.07, 6.45) is 9.95. The van der Waals surface area contributed by atoms with E-state index in [0.717, 1.165) is 55.1 Å². The van der Waals surface area contributed by atoms with Crippen LogP contribution in [0.2, 0.25) is 5.02 Å². The topological polar surface area (TPSA) is 111 Å². The monoisotopic (exact) mass is 667 g/mol. The van der Waals surface area contributed by atoms with Crippen LogP contribution in [-0.4, -0.2) is 59.0 Å². The number of anilines is 1. The molecule has 46 heavy (non-hydrogen) atoms. The molecule has 2 aromatic rings. The van der Waals surface area contributed by atoms with Gasteiger partial charge >= 0.3 is 0 Å². The molecule has 2 aliphatic heterocycles. The number of halogens is 1. The van der Waals surface area contributed by atoms with Crippen LogP contribution in [-0.2, 0) is 31.1 Å². The molecule has 4 aliphatic rings. The van der Waals surface area contributed by atoms with Gasteiger partial charge in [0.25, 0.3) is 5.91 Å². The summed E-state index contributed by atoms with van der Waals surface area (Å²) in [5.74, 6) is 4.32. The molecule has 248 valence electrons. The number of benzene rings is 2. The summed E-state index contributed by atoms with van der Waals surface area (Å²) in [5, 5.41) is 0.443. The predicted octanol–water partition coefficient (Wildman–Crippen LogP) is 5.59. The van der Waals surface area contributed by atoms with Gasteiger partial charge in [-0.15, -0.1) is 0 Å². The molecule has 2 heterocycles. The van der Waals surface area contributed by atoms with Crippen LogP contribution in [0.1, 0.15) is 80.3 Å². The standard InChI is InChI=1S/C36H46ClN3O5S/c1-4-28-9-5-6-10-32(45-23(2)34(38)41)29-14-11-26(29)20-40-21-36(17-7-8-24-18-27(37)13-15-30(24)36)22-44-33-16-12-25(19-31(33)40)35(42)39-46(28,3)43/h6,10,12-13,15-16,18-19,23,26,28-29,32H,3-5,7-9,11,14,17,20-22H2,1-2H3,(H2,38,41)(H,39,42,43)/b10-6+/t23-,26-,28+,29+,32-,36-,46?/m0/s1. The molecule has 0 radical (unpaired) electrons. The summed E-state index contributed by atoms with van der Waals surface area (Å²) in [5.41, 5.74) is 9.18. The van der Waals surface area contributed by atoms with E-state index in [0.29, 0.717) is 43.9 Å². The molecular formula is C36H46ClN3O5S. The lowest BCUT2D eigenvalue weighted by Crippen LogP contribution is -2.50. The Balaban J connectivity index is 1.42. The maximum Gasteiger partial charge on any atom is 0.262 e. The van der Waals surface area contributed by atoms with Crippen molar-refractivity contribution in [3.8, 4) is 5.75 Å². The molecule has 1 fully saturated rings. The smallest absolute Gasteiger partial charge is 0.262 e. The van der Waals surface area contributed by atoms with Gasteiger partial charge in [-0.25, -0.2) is 4.21 Å². The van der Waals surface area contributed by atoms with E-state index >= 15 is 0 Å². The molecule has 10 heteroatoms. The first-order chi connectivity index (χ1) is 22.0. The summed E-state index contributed by atoms with van der Waals surface area (Å²) < 4.78 is 29.5. The normalized spacial score (nSPS) is 32.5. The molecule has 6 rings (SSSR count). The predicted molar refractivity (Wildman–Crippen MR) is 185 cm³/mol. The van der Waals surface area contributed by atoms with E-state index in [1.54, 1.807) is 13.0 Å². The zero-order valence-electron chi connectivity index (χ0n) is 26.8. The number of nitrogens with zero attached hydrogens (tertiary/aromatic N) is 1. The van der Waals surface area contributed by atoms with Crippen molar-refractivity contribution in [2.75, 3.05) is 24.6 Å². The first kappa shape index (κ1) is 32.9. The maximum absolute atomic E-state index is 13.8. The van der Waals surface area contributed by atoms with Crippen molar-refractivity contribution in [3.05, 3.63) is 70.3 Å². The minimum atomic E-state index is -2.93. The minimum Gasteiger partial charge on any atom is -0.490 e. The number of aryl methyl sites for hydroxylation is 1. The number of nitrogens with one attached hydrogen (secondary N) is 1. The number of carbonyl (C=O) groups is 2.